The third kappa shape index (κ3) is 4.45. The van der Waals surface area contributed by atoms with Gasteiger partial charge in [-0.1, -0.05) is 5.16 Å². The monoisotopic (exact) mass is 343 g/mol. The van der Waals surface area contributed by atoms with Gasteiger partial charge >= 0.3 is 0 Å². The van der Waals surface area contributed by atoms with Gasteiger partial charge in [0.1, 0.15) is 5.76 Å². The van der Waals surface area contributed by atoms with Gasteiger partial charge in [0.2, 0.25) is 5.91 Å². The summed E-state index contributed by atoms with van der Waals surface area (Å²) in [6.45, 7) is 3.76. The Kier molecular flexibility index (Phi) is 5.48. The zero-order chi connectivity index (χ0) is 17.8. The average molecular weight is 343 g/mol. The molecule has 1 aliphatic rings. The van der Waals surface area contributed by atoms with E-state index in [1.807, 2.05) is 26.0 Å². The molecule has 1 amide bonds. The first-order chi connectivity index (χ1) is 12.0. The number of pyridine rings is 1. The fourth-order valence-corrected chi connectivity index (χ4v) is 3.44. The molecule has 0 bridgehead atoms. The standard InChI is InChI=1S/C19H25N3O3/c1-12-17(13(2)25-22-12)3-4-19(24)21-18(15-10-16(23)11-15)9-14-5-7-20-8-6-14/h5-8,15-16,18,23H,3-4,9-11H2,1-2H3,(H,21,24)/t15?,16?,18-/m0/s1. The van der Waals surface area contributed by atoms with Crippen LogP contribution in [-0.4, -0.2) is 33.3 Å². The highest BCUT2D eigenvalue weighted by Crippen LogP contribution is 2.31. The van der Waals surface area contributed by atoms with Gasteiger partial charge in [0.15, 0.2) is 0 Å². The Morgan fingerprint density at radius 3 is 2.68 bits per heavy atom. The summed E-state index contributed by atoms with van der Waals surface area (Å²) < 4.78 is 5.15. The van der Waals surface area contributed by atoms with Crippen LogP contribution in [0.2, 0.25) is 0 Å². The number of aryl methyl sites for hydroxylation is 2. The summed E-state index contributed by atoms with van der Waals surface area (Å²) in [4.78, 5) is 16.5. The summed E-state index contributed by atoms with van der Waals surface area (Å²) in [5, 5.41) is 16.7. The smallest absolute Gasteiger partial charge is 0.220 e. The van der Waals surface area contributed by atoms with E-state index >= 15 is 0 Å². The Morgan fingerprint density at radius 1 is 1.36 bits per heavy atom. The van der Waals surface area contributed by atoms with Crippen LogP contribution in [0.3, 0.4) is 0 Å². The lowest BCUT2D eigenvalue weighted by molar-refractivity contribution is -0.122. The number of nitrogens with one attached hydrogen (secondary N) is 1. The number of carbonyl (C=O) groups is 1. The number of aliphatic hydroxyl groups is 1. The fourth-order valence-electron chi connectivity index (χ4n) is 3.44. The topological polar surface area (TPSA) is 88.3 Å². The van der Waals surface area contributed by atoms with Gasteiger partial charge in [-0.3, -0.25) is 9.78 Å². The zero-order valence-corrected chi connectivity index (χ0v) is 14.7. The second-order valence-corrected chi connectivity index (χ2v) is 6.92. The maximum absolute atomic E-state index is 12.5. The van der Waals surface area contributed by atoms with Gasteiger partial charge in [0.05, 0.1) is 11.8 Å². The minimum Gasteiger partial charge on any atom is -0.393 e. The van der Waals surface area contributed by atoms with Crippen LogP contribution >= 0.6 is 0 Å². The molecule has 0 unspecified atom stereocenters. The molecule has 3 rings (SSSR count). The molecule has 0 saturated heterocycles. The Bertz CT molecular complexity index is 688. The molecule has 0 radical (unpaired) electrons. The van der Waals surface area contributed by atoms with E-state index in [2.05, 4.69) is 15.5 Å². The van der Waals surface area contributed by atoms with Gasteiger partial charge in [0, 0.05) is 30.4 Å². The number of rotatable bonds is 7. The van der Waals surface area contributed by atoms with E-state index in [0.717, 1.165) is 41.8 Å². The van der Waals surface area contributed by atoms with Crippen molar-refractivity contribution < 1.29 is 14.4 Å². The lowest BCUT2D eigenvalue weighted by atomic mass is 9.75. The van der Waals surface area contributed by atoms with Crippen molar-refractivity contribution >= 4 is 5.91 Å². The van der Waals surface area contributed by atoms with Gasteiger partial charge in [-0.2, -0.15) is 0 Å². The van der Waals surface area contributed by atoms with Crippen LogP contribution in [0.5, 0.6) is 0 Å². The maximum atomic E-state index is 12.5. The lowest BCUT2D eigenvalue weighted by Gasteiger charge is -2.38. The maximum Gasteiger partial charge on any atom is 0.220 e. The molecule has 0 spiro atoms. The number of nitrogens with zero attached hydrogens (tertiary/aromatic N) is 2. The van der Waals surface area contributed by atoms with Crippen LogP contribution in [0.4, 0.5) is 0 Å². The third-order valence-electron chi connectivity index (χ3n) is 5.05. The number of aromatic nitrogens is 2. The summed E-state index contributed by atoms with van der Waals surface area (Å²) >= 11 is 0. The first-order valence-electron chi connectivity index (χ1n) is 8.81. The minimum atomic E-state index is -0.232. The van der Waals surface area contributed by atoms with E-state index in [1.54, 1.807) is 12.4 Å². The minimum absolute atomic E-state index is 0.0282. The van der Waals surface area contributed by atoms with Crippen molar-refractivity contribution in [1.82, 2.24) is 15.5 Å². The molecule has 2 aromatic rings. The van der Waals surface area contributed by atoms with Gasteiger partial charge in [-0.25, -0.2) is 0 Å². The van der Waals surface area contributed by atoms with Gasteiger partial charge in [-0.05, 0) is 63.1 Å². The highest BCUT2D eigenvalue weighted by Gasteiger charge is 2.34. The van der Waals surface area contributed by atoms with Crippen LogP contribution in [0.25, 0.3) is 0 Å². The summed E-state index contributed by atoms with van der Waals surface area (Å²) in [7, 11) is 0. The molecular formula is C19H25N3O3. The highest BCUT2D eigenvalue weighted by molar-refractivity contribution is 5.76. The van der Waals surface area contributed by atoms with Crippen LogP contribution in [-0.2, 0) is 17.6 Å². The van der Waals surface area contributed by atoms with Crippen molar-refractivity contribution in [2.75, 3.05) is 0 Å². The normalized spacial score (nSPS) is 20.8. The predicted octanol–water partition coefficient (Wildman–Crippen LogP) is 2.12. The van der Waals surface area contributed by atoms with E-state index in [1.165, 1.54) is 0 Å². The summed E-state index contributed by atoms with van der Waals surface area (Å²) in [5.74, 6) is 1.13. The molecule has 1 fully saturated rings. The number of carbonyl (C=O) groups excluding carboxylic acids is 1. The van der Waals surface area contributed by atoms with E-state index in [0.29, 0.717) is 18.8 Å². The zero-order valence-electron chi connectivity index (χ0n) is 14.7. The van der Waals surface area contributed by atoms with E-state index < -0.39 is 0 Å². The first-order valence-corrected chi connectivity index (χ1v) is 8.81. The largest absolute Gasteiger partial charge is 0.393 e. The van der Waals surface area contributed by atoms with E-state index in [4.69, 9.17) is 4.52 Å². The molecule has 1 saturated carbocycles. The molecule has 25 heavy (non-hydrogen) atoms. The molecule has 6 nitrogen and oxygen atoms in total. The summed E-state index contributed by atoms with van der Waals surface area (Å²) in [5.41, 5.74) is 3.01. The van der Waals surface area contributed by atoms with Crippen molar-refractivity contribution in [3.63, 3.8) is 0 Å². The molecule has 134 valence electrons. The molecule has 2 aromatic heterocycles. The molecule has 1 aliphatic carbocycles. The quantitative estimate of drug-likeness (QED) is 0.804. The highest BCUT2D eigenvalue weighted by atomic mass is 16.5. The SMILES string of the molecule is Cc1noc(C)c1CCC(=O)N[C@@H](Cc1ccncc1)C1CC(O)C1. The van der Waals surface area contributed by atoms with Gasteiger partial charge < -0.3 is 14.9 Å². The summed E-state index contributed by atoms with van der Waals surface area (Å²) in [6.07, 6.45) is 6.59. The fraction of sp³-hybridized carbons (Fsp3) is 0.526. The van der Waals surface area contributed by atoms with E-state index in [9.17, 15) is 9.90 Å². The van der Waals surface area contributed by atoms with Crippen LogP contribution < -0.4 is 5.32 Å². The van der Waals surface area contributed by atoms with Gasteiger partial charge in [-0.15, -0.1) is 0 Å². The van der Waals surface area contributed by atoms with Crippen LogP contribution in [0, 0.1) is 19.8 Å². The predicted molar refractivity (Wildman–Crippen MR) is 92.9 cm³/mol. The molecule has 1 atom stereocenters. The van der Waals surface area contributed by atoms with Crippen molar-refractivity contribution in [3.8, 4) is 0 Å². The van der Waals surface area contributed by atoms with Gasteiger partial charge in [0.25, 0.3) is 0 Å². The molecule has 0 aliphatic heterocycles. The van der Waals surface area contributed by atoms with Crippen molar-refractivity contribution in [3.05, 3.63) is 47.1 Å². The van der Waals surface area contributed by atoms with Crippen molar-refractivity contribution in [2.24, 2.45) is 5.92 Å². The first kappa shape index (κ1) is 17.6. The Balaban J connectivity index is 1.58. The van der Waals surface area contributed by atoms with Crippen molar-refractivity contribution in [1.29, 1.82) is 0 Å². The molecule has 2 N–H and O–H groups in total. The number of aliphatic hydroxyl groups excluding tert-OH is 1. The van der Waals surface area contributed by atoms with Crippen LogP contribution in [0.15, 0.2) is 29.0 Å². The molecular weight excluding hydrogens is 318 g/mol. The second kappa shape index (κ2) is 7.78. The third-order valence-corrected chi connectivity index (χ3v) is 5.05. The molecule has 0 aromatic carbocycles. The molecule has 2 heterocycles. The summed E-state index contributed by atoms with van der Waals surface area (Å²) in [6, 6.07) is 3.99. The number of hydrogen-bond acceptors (Lipinski definition) is 5. The Labute approximate surface area is 147 Å². The Morgan fingerprint density at radius 2 is 2.08 bits per heavy atom. The number of amides is 1. The van der Waals surface area contributed by atoms with Crippen LogP contribution in [0.1, 0.15) is 41.8 Å². The van der Waals surface area contributed by atoms with Crippen molar-refractivity contribution in [2.45, 2.75) is 58.1 Å². The van der Waals surface area contributed by atoms with E-state index in [-0.39, 0.29) is 18.1 Å². The molecule has 6 heteroatoms. The lowest BCUT2D eigenvalue weighted by Crippen LogP contribution is -2.48. The Hall–Kier alpha value is -2.21. The number of hydrogen-bond donors (Lipinski definition) is 2. The second-order valence-electron chi connectivity index (χ2n) is 6.92. The average Bonchev–Trinajstić information content (AvgIpc) is 2.89.